The van der Waals surface area contributed by atoms with Gasteiger partial charge in [0.2, 0.25) is 5.95 Å². The number of hydrogen-bond acceptors (Lipinski definition) is 4. The molecule has 0 amide bonds. The summed E-state index contributed by atoms with van der Waals surface area (Å²) in [4.78, 5) is 22.8. The Balaban J connectivity index is 1.40. The van der Waals surface area contributed by atoms with Crippen LogP contribution in [0.5, 0.6) is 0 Å². The minimum Gasteiger partial charge on any atom is -0.336 e. The fourth-order valence-electron chi connectivity index (χ4n) is 4.44. The van der Waals surface area contributed by atoms with E-state index in [9.17, 15) is 4.79 Å². The van der Waals surface area contributed by atoms with Crippen LogP contribution in [0.15, 0.2) is 59.4 Å². The molecule has 0 fully saturated rings. The van der Waals surface area contributed by atoms with Crippen molar-refractivity contribution in [2.45, 2.75) is 39.5 Å². The summed E-state index contributed by atoms with van der Waals surface area (Å²) in [6.07, 6.45) is 0.837. The Morgan fingerprint density at radius 3 is 2.55 bits per heavy atom. The maximum absolute atomic E-state index is 13.2. The van der Waals surface area contributed by atoms with Crippen LogP contribution in [0.25, 0.3) is 0 Å². The molecule has 1 aromatic heterocycles. The third-order valence-corrected chi connectivity index (χ3v) is 6.12. The zero-order valence-corrected chi connectivity index (χ0v) is 16.8. The van der Waals surface area contributed by atoms with Crippen LogP contribution in [-0.4, -0.2) is 27.5 Å². The second-order valence-corrected chi connectivity index (χ2v) is 8.09. The van der Waals surface area contributed by atoms with Crippen molar-refractivity contribution >= 4 is 5.95 Å². The molecule has 2 aliphatic heterocycles. The molecule has 0 N–H and O–H groups in total. The highest BCUT2D eigenvalue weighted by Gasteiger charge is 2.28. The molecule has 148 valence electrons. The molecule has 3 aromatic rings. The van der Waals surface area contributed by atoms with Crippen LogP contribution < -0.4 is 10.5 Å². The second-order valence-electron chi connectivity index (χ2n) is 8.09. The summed E-state index contributed by atoms with van der Waals surface area (Å²) in [7, 11) is 0. The predicted octanol–water partition coefficient (Wildman–Crippen LogP) is 3.13. The van der Waals surface area contributed by atoms with Crippen molar-refractivity contribution in [3.05, 3.63) is 92.9 Å². The van der Waals surface area contributed by atoms with Crippen molar-refractivity contribution < 1.29 is 0 Å². The molecule has 0 atom stereocenters. The van der Waals surface area contributed by atoms with Crippen LogP contribution in [-0.2, 0) is 32.6 Å². The monoisotopic (exact) mass is 386 g/mol. The van der Waals surface area contributed by atoms with Gasteiger partial charge in [-0.05, 0) is 23.6 Å². The van der Waals surface area contributed by atoms with Crippen LogP contribution in [0.4, 0.5) is 5.95 Å². The van der Waals surface area contributed by atoms with E-state index >= 15 is 0 Å². The molecule has 29 heavy (non-hydrogen) atoms. The van der Waals surface area contributed by atoms with Gasteiger partial charge in [0.1, 0.15) is 0 Å². The smallest absolute Gasteiger partial charge is 0.259 e. The first-order chi connectivity index (χ1) is 14.2. The Morgan fingerprint density at radius 1 is 0.931 bits per heavy atom. The van der Waals surface area contributed by atoms with E-state index in [1.807, 2.05) is 10.6 Å². The molecule has 0 spiro atoms. The van der Waals surface area contributed by atoms with Crippen LogP contribution in [0.2, 0.25) is 0 Å². The lowest BCUT2D eigenvalue weighted by molar-refractivity contribution is 0.241. The highest BCUT2D eigenvalue weighted by atomic mass is 16.1. The minimum absolute atomic E-state index is 0.148. The third-order valence-electron chi connectivity index (χ3n) is 6.12. The van der Waals surface area contributed by atoms with Gasteiger partial charge in [0.05, 0.1) is 11.3 Å². The Hall–Kier alpha value is -2.92. The van der Waals surface area contributed by atoms with E-state index in [0.29, 0.717) is 6.54 Å². The number of benzene rings is 2. The van der Waals surface area contributed by atoms with E-state index in [-0.39, 0.29) is 5.56 Å². The van der Waals surface area contributed by atoms with E-state index in [0.717, 1.165) is 56.4 Å². The van der Waals surface area contributed by atoms with Crippen LogP contribution >= 0.6 is 0 Å². The summed E-state index contributed by atoms with van der Waals surface area (Å²) in [6, 6.07) is 18.9. The van der Waals surface area contributed by atoms with E-state index in [1.54, 1.807) is 0 Å². The normalized spacial score (nSPS) is 16.0. The summed E-state index contributed by atoms with van der Waals surface area (Å²) >= 11 is 0. The van der Waals surface area contributed by atoms with Crippen molar-refractivity contribution in [2.75, 3.05) is 18.0 Å². The number of aryl methyl sites for hydroxylation is 1. The first-order valence-corrected chi connectivity index (χ1v) is 10.4. The van der Waals surface area contributed by atoms with Gasteiger partial charge in [0, 0.05) is 45.7 Å². The highest BCUT2D eigenvalue weighted by molar-refractivity contribution is 5.41. The summed E-state index contributed by atoms with van der Waals surface area (Å²) in [5, 5.41) is 0. The van der Waals surface area contributed by atoms with Gasteiger partial charge in [-0.2, -0.15) is 0 Å². The first kappa shape index (κ1) is 18.1. The maximum Gasteiger partial charge on any atom is 0.259 e. The molecule has 3 heterocycles. The topological polar surface area (TPSA) is 41.4 Å². The molecule has 0 radical (unpaired) electrons. The molecule has 5 heteroatoms. The SMILES string of the molecule is Cc1ccccc1CN1CCn2c1nc1c(c2=O)CN(Cc2ccccc2)CC1. The Kier molecular flexibility index (Phi) is 4.68. The molecule has 5 rings (SSSR count). The lowest BCUT2D eigenvalue weighted by Gasteiger charge is -2.28. The fraction of sp³-hybridized carbons (Fsp3) is 0.333. The first-order valence-electron chi connectivity index (χ1n) is 10.4. The van der Waals surface area contributed by atoms with Crippen LogP contribution in [0.3, 0.4) is 0 Å². The molecule has 2 aliphatic rings. The summed E-state index contributed by atoms with van der Waals surface area (Å²) in [5.41, 5.74) is 5.88. The maximum atomic E-state index is 13.2. The molecule has 0 aliphatic carbocycles. The average Bonchev–Trinajstić information content (AvgIpc) is 3.14. The number of rotatable bonds is 4. The van der Waals surface area contributed by atoms with Crippen LogP contribution in [0.1, 0.15) is 27.9 Å². The lowest BCUT2D eigenvalue weighted by Crippen LogP contribution is -2.37. The van der Waals surface area contributed by atoms with Crippen molar-refractivity contribution in [2.24, 2.45) is 0 Å². The Labute approximate surface area is 171 Å². The number of fused-ring (bicyclic) bond motifs is 2. The van der Waals surface area contributed by atoms with Gasteiger partial charge >= 0.3 is 0 Å². The van der Waals surface area contributed by atoms with Crippen molar-refractivity contribution in [3.8, 4) is 0 Å². The van der Waals surface area contributed by atoms with Gasteiger partial charge in [0.15, 0.2) is 0 Å². The molecule has 0 unspecified atom stereocenters. The molecular formula is C24H26N4O. The lowest BCUT2D eigenvalue weighted by atomic mass is 10.1. The second kappa shape index (κ2) is 7.48. The van der Waals surface area contributed by atoms with E-state index in [2.05, 4.69) is 65.3 Å². The summed E-state index contributed by atoms with van der Waals surface area (Å²) < 4.78 is 1.88. The zero-order chi connectivity index (χ0) is 19.8. The van der Waals surface area contributed by atoms with Gasteiger partial charge in [-0.3, -0.25) is 14.3 Å². The average molecular weight is 386 g/mol. The molecule has 0 saturated carbocycles. The quantitative estimate of drug-likeness (QED) is 0.691. The van der Waals surface area contributed by atoms with E-state index in [1.165, 1.54) is 16.7 Å². The van der Waals surface area contributed by atoms with Crippen LogP contribution in [0, 0.1) is 6.92 Å². The van der Waals surface area contributed by atoms with Crippen molar-refractivity contribution in [1.29, 1.82) is 0 Å². The van der Waals surface area contributed by atoms with Crippen molar-refractivity contribution in [1.82, 2.24) is 14.5 Å². The van der Waals surface area contributed by atoms with Gasteiger partial charge < -0.3 is 4.90 Å². The zero-order valence-electron chi connectivity index (χ0n) is 16.8. The largest absolute Gasteiger partial charge is 0.336 e. The standard InChI is InChI=1S/C24H26N4O/c1-18-7-5-6-10-20(18)16-27-13-14-28-23(29)21-17-26(12-11-22(21)25-24(27)28)15-19-8-3-2-4-9-19/h2-10H,11-17H2,1H3. The Bertz CT molecular complexity index is 1090. The number of hydrogen-bond donors (Lipinski definition) is 0. The van der Waals surface area contributed by atoms with E-state index in [4.69, 9.17) is 4.98 Å². The summed E-state index contributed by atoms with van der Waals surface area (Å²) in [5.74, 6) is 0.841. The van der Waals surface area contributed by atoms with Gasteiger partial charge in [-0.15, -0.1) is 0 Å². The number of anilines is 1. The van der Waals surface area contributed by atoms with E-state index < -0.39 is 0 Å². The van der Waals surface area contributed by atoms with Crippen molar-refractivity contribution in [3.63, 3.8) is 0 Å². The fourth-order valence-corrected chi connectivity index (χ4v) is 4.44. The highest BCUT2D eigenvalue weighted by Crippen LogP contribution is 2.25. The summed E-state index contributed by atoms with van der Waals surface area (Å²) in [6.45, 7) is 7.01. The Morgan fingerprint density at radius 2 is 1.72 bits per heavy atom. The molecule has 5 nitrogen and oxygen atoms in total. The van der Waals surface area contributed by atoms with Gasteiger partial charge in [-0.1, -0.05) is 54.6 Å². The number of nitrogens with zero attached hydrogens (tertiary/aromatic N) is 4. The molecule has 2 aromatic carbocycles. The number of aromatic nitrogens is 2. The van der Waals surface area contributed by atoms with Gasteiger partial charge in [-0.25, -0.2) is 4.98 Å². The third kappa shape index (κ3) is 3.47. The predicted molar refractivity (Wildman–Crippen MR) is 115 cm³/mol. The molecule has 0 bridgehead atoms. The molecule has 0 saturated heterocycles. The molecular weight excluding hydrogens is 360 g/mol. The van der Waals surface area contributed by atoms with Gasteiger partial charge in [0.25, 0.3) is 5.56 Å². The minimum atomic E-state index is 0.148.